The number of carbonyl (C=O) groups excluding carboxylic acids is 1. The largest absolute Gasteiger partial charge is 0.379 e. The standard InChI is InChI=1S/C19H31N3O5S/c1-19(2,3)27-15-17-6-4-5-16(13-17)14-21-18(23)20-7-12-28(24,25)22-8-10-26-11-9-22/h4-6,13H,7-12,14-15H2,1-3H3,(H2,20,21,23). The molecule has 0 bridgehead atoms. The van der Waals surface area contributed by atoms with Crippen molar-refractivity contribution in [2.75, 3.05) is 38.6 Å². The van der Waals surface area contributed by atoms with Crippen LogP contribution in [-0.4, -0.2) is 63.0 Å². The number of benzene rings is 1. The highest BCUT2D eigenvalue weighted by molar-refractivity contribution is 7.89. The van der Waals surface area contributed by atoms with Gasteiger partial charge in [0.2, 0.25) is 10.0 Å². The first-order chi connectivity index (χ1) is 13.2. The second-order valence-electron chi connectivity index (χ2n) is 7.66. The van der Waals surface area contributed by atoms with Crippen molar-refractivity contribution in [1.82, 2.24) is 14.9 Å². The number of ether oxygens (including phenoxy) is 2. The quantitative estimate of drug-likeness (QED) is 0.673. The Bertz CT molecular complexity index is 740. The van der Waals surface area contributed by atoms with Gasteiger partial charge in [0, 0.05) is 26.2 Å². The highest BCUT2D eigenvalue weighted by Gasteiger charge is 2.23. The molecular weight excluding hydrogens is 382 g/mol. The van der Waals surface area contributed by atoms with E-state index in [0.29, 0.717) is 39.5 Å². The maximum absolute atomic E-state index is 12.2. The molecule has 2 N–H and O–H groups in total. The van der Waals surface area contributed by atoms with Crippen molar-refractivity contribution in [3.63, 3.8) is 0 Å². The van der Waals surface area contributed by atoms with Crippen LogP contribution in [0.2, 0.25) is 0 Å². The molecule has 0 atom stereocenters. The summed E-state index contributed by atoms with van der Waals surface area (Å²) in [6, 6.07) is 7.41. The molecule has 0 spiro atoms. The molecule has 28 heavy (non-hydrogen) atoms. The maximum Gasteiger partial charge on any atom is 0.315 e. The van der Waals surface area contributed by atoms with E-state index < -0.39 is 16.1 Å². The number of carbonyl (C=O) groups is 1. The van der Waals surface area contributed by atoms with Gasteiger partial charge in [-0.05, 0) is 31.9 Å². The van der Waals surface area contributed by atoms with Gasteiger partial charge in [-0.3, -0.25) is 0 Å². The average Bonchev–Trinajstić information content (AvgIpc) is 2.65. The predicted octanol–water partition coefficient (Wildman–Crippen LogP) is 1.46. The molecule has 2 rings (SSSR count). The number of sulfonamides is 1. The first-order valence-corrected chi connectivity index (χ1v) is 11.1. The van der Waals surface area contributed by atoms with Gasteiger partial charge in [0.25, 0.3) is 0 Å². The van der Waals surface area contributed by atoms with Gasteiger partial charge in [-0.15, -0.1) is 0 Å². The molecule has 1 aromatic carbocycles. The molecule has 0 saturated carbocycles. The molecule has 1 fully saturated rings. The van der Waals surface area contributed by atoms with E-state index in [4.69, 9.17) is 9.47 Å². The lowest BCUT2D eigenvalue weighted by atomic mass is 10.1. The van der Waals surface area contributed by atoms with Gasteiger partial charge in [0.1, 0.15) is 0 Å². The molecule has 0 aliphatic carbocycles. The third-order valence-corrected chi connectivity index (χ3v) is 6.00. The van der Waals surface area contributed by atoms with Crippen LogP contribution in [0.25, 0.3) is 0 Å². The number of morpholine rings is 1. The normalized spacial score (nSPS) is 16.0. The Morgan fingerprint density at radius 1 is 1.18 bits per heavy atom. The van der Waals surface area contributed by atoms with Crippen LogP contribution in [0.1, 0.15) is 31.9 Å². The molecule has 2 amide bonds. The van der Waals surface area contributed by atoms with Crippen LogP contribution in [0, 0.1) is 0 Å². The van der Waals surface area contributed by atoms with E-state index >= 15 is 0 Å². The lowest BCUT2D eigenvalue weighted by Crippen LogP contribution is -2.44. The molecule has 1 saturated heterocycles. The lowest BCUT2D eigenvalue weighted by molar-refractivity contribution is -0.0149. The number of hydrogen-bond acceptors (Lipinski definition) is 5. The van der Waals surface area contributed by atoms with Gasteiger partial charge >= 0.3 is 6.03 Å². The van der Waals surface area contributed by atoms with E-state index in [0.717, 1.165) is 11.1 Å². The number of nitrogens with zero attached hydrogens (tertiary/aromatic N) is 1. The SMILES string of the molecule is CC(C)(C)OCc1cccc(CNC(=O)NCCS(=O)(=O)N2CCOCC2)c1. The summed E-state index contributed by atoms with van der Waals surface area (Å²) in [5.74, 6) is -0.125. The number of urea groups is 1. The van der Waals surface area contributed by atoms with Crippen molar-refractivity contribution < 1.29 is 22.7 Å². The molecule has 8 nitrogen and oxygen atoms in total. The second kappa shape index (κ2) is 10.2. The fourth-order valence-electron chi connectivity index (χ4n) is 2.62. The number of nitrogens with one attached hydrogen (secondary N) is 2. The molecular formula is C19H31N3O5S. The summed E-state index contributed by atoms with van der Waals surface area (Å²) in [4.78, 5) is 11.9. The van der Waals surface area contributed by atoms with E-state index in [-0.39, 0.29) is 17.9 Å². The summed E-state index contributed by atoms with van der Waals surface area (Å²) in [6.07, 6.45) is 0. The Morgan fingerprint density at radius 3 is 2.54 bits per heavy atom. The molecule has 0 aromatic heterocycles. The fourth-order valence-corrected chi connectivity index (χ4v) is 3.95. The Labute approximate surface area is 167 Å². The number of hydrogen-bond donors (Lipinski definition) is 2. The molecule has 158 valence electrons. The highest BCUT2D eigenvalue weighted by Crippen LogP contribution is 2.13. The van der Waals surface area contributed by atoms with E-state index in [9.17, 15) is 13.2 Å². The van der Waals surface area contributed by atoms with Crippen molar-refractivity contribution in [3.05, 3.63) is 35.4 Å². The van der Waals surface area contributed by atoms with E-state index in [1.54, 1.807) is 0 Å². The van der Waals surface area contributed by atoms with Crippen molar-refractivity contribution >= 4 is 16.1 Å². The lowest BCUT2D eigenvalue weighted by Gasteiger charge is -2.26. The zero-order valence-corrected chi connectivity index (χ0v) is 17.7. The molecule has 1 heterocycles. The third-order valence-electron chi connectivity index (χ3n) is 4.13. The van der Waals surface area contributed by atoms with Crippen molar-refractivity contribution in [3.8, 4) is 0 Å². The van der Waals surface area contributed by atoms with Gasteiger partial charge in [-0.1, -0.05) is 24.3 Å². The molecule has 9 heteroatoms. The van der Waals surface area contributed by atoms with Crippen LogP contribution < -0.4 is 10.6 Å². The van der Waals surface area contributed by atoms with Crippen LogP contribution in [-0.2, 0) is 32.6 Å². The summed E-state index contributed by atoms with van der Waals surface area (Å²) in [5.41, 5.74) is 1.77. The Hall–Kier alpha value is -1.68. The average molecular weight is 414 g/mol. The second-order valence-corrected chi connectivity index (χ2v) is 9.75. The minimum Gasteiger partial charge on any atom is -0.379 e. The summed E-state index contributed by atoms with van der Waals surface area (Å²) in [6.45, 7) is 8.47. The monoisotopic (exact) mass is 413 g/mol. The van der Waals surface area contributed by atoms with Crippen molar-refractivity contribution in [1.29, 1.82) is 0 Å². The van der Waals surface area contributed by atoms with Gasteiger partial charge in [0.05, 0.1) is 31.2 Å². The summed E-state index contributed by atoms with van der Waals surface area (Å²) < 4.78 is 36.7. The fraction of sp³-hybridized carbons (Fsp3) is 0.632. The first-order valence-electron chi connectivity index (χ1n) is 9.45. The first kappa shape index (κ1) is 22.6. The zero-order chi connectivity index (χ0) is 20.6. The predicted molar refractivity (Wildman–Crippen MR) is 107 cm³/mol. The number of rotatable bonds is 8. The summed E-state index contributed by atoms with van der Waals surface area (Å²) in [7, 11) is -3.37. The van der Waals surface area contributed by atoms with Crippen LogP contribution in [0.3, 0.4) is 0 Å². The molecule has 0 unspecified atom stereocenters. The van der Waals surface area contributed by atoms with Crippen LogP contribution in [0.15, 0.2) is 24.3 Å². The Kier molecular flexibility index (Phi) is 8.23. The Balaban J connectivity index is 1.72. The zero-order valence-electron chi connectivity index (χ0n) is 16.9. The van der Waals surface area contributed by atoms with E-state index in [1.807, 2.05) is 45.0 Å². The van der Waals surface area contributed by atoms with Crippen LogP contribution >= 0.6 is 0 Å². The van der Waals surface area contributed by atoms with Crippen molar-refractivity contribution in [2.45, 2.75) is 39.5 Å². The van der Waals surface area contributed by atoms with Gasteiger partial charge in [-0.25, -0.2) is 13.2 Å². The Morgan fingerprint density at radius 2 is 1.86 bits per heavy atom. The van der Waals surface area contributed by atoms with Crippen LogP contribution in [0.5, 0.6) is 0 Å². The topological polar surface area (TPSA) is 97.0 Å². The minimum absolute atomic E-state index is 0.0605. The smallest absolute Gasteiger partial charge is 0.315 e. The van der Waals surface area contributed by atoms with Crippen molar-refractivity contribution in [2.24, 2.45) is 0 Å². The minimum atomic E-state index is -3.37. The molecule has 1 aliphatic rings. The number of amides is 2. The third kappa shape index (κ3) is 8.14. The van der Waals surface area contributed by atoms with Crippen LogP contribution in [0.4, 0.5) is 4.79 Å². The molecule has 1 aromatic rings. The summed E-state index contributed by atoms with van der Waals surface area (Å²) >= 11 is 0. The van der Waals surface area contributed by atoms with E-state index in [1.165, 1.54) is 4.31 Å². The molecule has 1 aliphatic heterocycles. The molecule has 0 radical (unpaired) electrons. The van der Waals surface area contributed by atoms with Gasteiger partial charge in [0.15, 0.2) is 0 Å². The highest BCUT2D eigenvalue weighted by atomic mass is 32.2. The van der Waals surface area contributed by atoms with E-state index in [2.05, 4.69) is 10.6 Å². The maximum atomic E-state index is 12.2. The summed E-state index contributed by atoms with van der Waals surface area (Å²) in [5, 5.41) is 5.34. The van der Waals surface area contributed by atoms with Gasteiger partial charge in [-0.2, -0.15) is 4.31 Å². The van der Waals surface area contributed by atoms with Gasteiger partial charge < -0.3 is 20.1 Å².